The Morgan fingerprint density at radius 2 is 1.86 bits per heavy atom. The molecule has 29 heavy (non-hydrogen) atoms. The smallest absolute Gasteiger partial charge is 0.312 e. The number of nitrogens with one attached hydrogen (secondary N) is 1. The van der Waals surface area contributed by atoms with E-state index in [1.54, 1.807) is 42.8 Å². The highest BCUT2D eigenvalue weighted by atomic mass is 16.6. The first-order valence-corrected chi connectivity index (χ1v) is 9.50. The number of hydrogen-bond acceptors (Lipinski definition) is 5. The van der Waals surface area contributed by atoms with Gasteiger partial charge in [0.15, 0.2) is 0 Å². The van der Waals surface area contributed by atoms with E-state index in [2.05, 4.69) is 10.4 Å². The monoisotopic (exact) mass is 401 g/mol. The fraction of sp³-hybridized carbons (Fsp3) is 0.450. The summed E-state index contributed by atoms with van der Waals surface area (Å²) < 4.78 is 1.58. The fourth-order valence-corrected chi connectivity index (χ4v) is 3.08. The summed E-state index contributed by atoms with van der Waals surface area (Å²) in [5.74, 6) is -0.419. The Balaban J connectivity index is 2.11. The van der Waals surface area contributed by atoms with E-state index in [0.29, 0.717) is 30.0 Å². The van der Waals surface area contributed by atoms with E-state index in [-0.39, 0.29) is 30.1 Å². The lowest BCUT2D eigenvalue weighted by Crippen LogP contribution is -2.42. The number of hydrogen-bond donors (Lipinski definition) is 1. The van der Waals surface area contributed by atoms with Gasteiger partial charge in [0.1, 0.15) is 11.4 Å². The minimum Gasteiger partial charge on any atom is -0.352 e. The molecule has 0 aliphatic carbocycles. The molecule has 2 aromatic rings. The molecule has 9 nitrogen and oxygen atoms in total. The molecule has 0 aliphatic heterocycles. The third-order valence-corrected chi connectivity index (χ3v) is 4.51. The Hall–Kier alpha value is -3.23. The van der Waals surface area contributed by atoms with Crippen molar-refractivity contribution in [3.05, 3.63) is 56.9 Å². The van der Waals surface area contributed by atoms with Crippen LogP contribution in [0.5, 0.6) is 0 Å². The van der Waals surface area contributed by atoms with Crippen LogP contribution in [0.4, 0.5) is 5.69 Å². The standard InChI is InChI=1S/C20H27N5O4/c1-6-23(12-18(26)21-13(2)3)20(27)17-9-7-16(8-10-17)11-24-15(5)19(25(28)29)14(4)22-24/h7-10,13H,6,11-12H2,1-5H3,(H,21,26). The zero-order valence-electron chi connectivity index (χ0n) is 17.4. The minimum atomic E-state index is -0.426. The molecule has 0 unspecified atom stereocenters. The quantitative estimate of drug-likeness (QED) is 0.540. The second-order valence-corrected chi connectivity index (χ2v) is 7.17. The molecule has 0 aliphatic rings. The normalized spacial score (nSPS) is 10.8. The van der Waals surface area contributed by atoms with Crippen molar-refractivity contribution < 1.29 is 14.5 Å². The second-order valence-electron chi connectivity index (χ2n) is 7.17. The van der Waals surface area contributed by atoms with Crippen molar-refractivity contribution in [2.45, 2.75) is 47.2 Å². The second kappa shape index (κ2) is 9.31. The van der Waals surface area contributed by atoms with Crippen LogP contribution in [0, 0.1) is 24.0 Å². The van der Waals surface area contributed by atoms with Crippen molar-refractivity contribution in [3.63, 3.8) is 0 Å². The number of benzene rings is 1. The molecule has 1 heterocycles. The number of amides is 2. The summed E-state index contributed by atoms with van der Waals surface area (Å²) in [7, 11) is 0. The summed E-state index contributed by atoms with van der Waals surface area (Å²) in [4.78, 5) is 36.9. The number of aromatic nitrogens is 2. The van der Waals surface area contributed by atoms with Crippen LogP contribution in [0.3, 0.4) is 0 Å². The fourth-order valence-electron chi connectivity index (χ4n) is 3.08. The van der Waals surface area contributed by atoms with Crippen molar-refractivity contribution in [3.8, 4) is 0 Å². The number of carbonyl (C=O) groups excluding carboxylic acids is 2. The van der Waals surface area contributed by atoms with Crippen molar-refractivity contribution in [1.29, 1.82) is 0 Å². The van der Waals surface area contributed by atoms with Gasteiger partial charge in [-0.3, -0.25) is 24.4 Å². The summed E-state index contributed by atoms with van der Waals surface area (Å²) in [6.45, 7) is 9.62. The molecule has 0 bridgehead atoms. The maximum atomic E-state index is 12.7. The third kappa shape index (κ3) is 5.40. The van der Waals surface area contributed by atoms with E-state index in [1.807, 2.05) is 20.8 Å². The first-order chi connectivity index (χ1) is 13.6. The maximum Gasteiger partial charge on any atom is 0.312 e. The lowest BCUT2D eigenvalue weighted by atomic mass is 10.1. The number of aryl methyl sites for hydroxylation is 1. The molecule has 0 atom stereocenters. The SMILES string of the molecule is CCN(CC(=O)NC(C)C)C(=O)c1ccc(Cn2nc(C)c([N+](=O)[O-])c2C)cc1. The number of rotatable bonds is 8. The van der Waals surface area contributed by atoms with Gasteiger partial charge in [0.25, 0.3) is 5.91 Å². The molecule has 0 fully saturated rings. The first-order valence-electron chi connectivity index (χ1n) is 9.50. The Morgan fingerprint density at radius 1 is 1.24 bits per heavy atom. The van der Waals surface area contributed by atoms with E-state index >= 15 is 0 Å². The van der Waals surface area contributed by atoms with Crippen LogP contribution in [-0.4, -0.2) is 50.5 Å². The average molecular weight is 401 g/mol. The zero-order chi connectivity index (χ0) is 21.7. The molecule has 1 N–H and O–H groups in total. The Bertz CT molecular complexity index is 902. The molecule has 0 saturated heterocycles. The summed E-state index contributed by atoms with van der Waals surface area (Å²) in [5.41, 5.74) is 2.23. The van der Waals surface area contributed by atoms with Crippen molar-refractivity contribution in [2.24, 2.45) is 0 Å². The molecule has 0 radical (unpaired) electrons. The van der Waals surface area contributed by atoms with Crippen molar-refractivity contribution in [1.82, 2.24) is 20.0 Å². The zero-order valence-corrected chi connectivity index (χ0v) is 17.4. The van der Waals surface area contributed by atoms with Gasteiger partial charge in [0.05, 0.1) is 18.0 Å². The van der Waals surface area contributed by atoms with E-state index in [9.17, 15) is 19.7 Å². The summed E-state index contributed by atoms with van der Waals surface area (Å²) >= 11 is 0. The molecule has 9 heteroatoms. The van der Waals surface area contributed by atoms with Gasteiger partial charge in [-0.25, -0.2) is 0 Å². The number of carbonyl (C=O) groups is 2. The Labute approximate surface area is 169 Å². The minimum absolute atomic E-state index is 0.00465. The van der Waals surface area contributed by atoms with Crippen LogP contribution in [0.1, 0.15) is 48.1 Å². The number of likely N-dealkylation sites (N-methyl/N-ethyl adjacent to an activating group) is 1. The van der Waals surface area contributed by atoms with Crippen molar-refractivity contribution in [2.75, 3.05) is 13.1 Å². The van der Waals surface area contributed by atoms with Gasteiger partial charge >= 0.3 is 5.69 Å². The lowest BCUT2D eigenvalue weighted by molar-refractivity contribution is -0.386. The number of nitro groups is 1. The highest BCUT2D eigenvalue weighted by molar-refractivity contribution is 5.96. The first kappa shape index (κ1) is 22.1. The van der Waals surface area contributed by atoms with Crippen LogP contribution in [-0.2, 0) is 11.3 Å². The molecule has 156 valence electrons. The van der Waals surface area contributed by atoms with Crippen LogP contribution < -0.4 is 5.32 Å². The van der Waals surface area contributed by atoms with Gasteiger partial charge < -0.3 is 10.2 Å². The predicted molar refractivity (Wildman–Crippen MR) is 109 cm³/mol. The van der Waals surface area contributed by atoms with Gasteiger partial charge in [-0.05, 0) is 52.3 Å². The van der Waals surface area contributed by atoms with Crippen molar-refractivity contribution >= 4 is 17.5 Å². The van der Waals surface area contributed by atoms with Gasteiger partial charge in [-0.15, -0.1) is 0 Å². The average Bonchev–Trinajstić information content (AvgIpc) is 2.92. The molecule has 2 rings (SSSR count). The van der Waals surface area contributed by atoms with Gasteiger partial charge in [0, 0.05) is 18.2 Å². The van der Waals surface area contributed by atoms with E-state index in [1.165, 1.54) is 4.90 Å². The maximum absolute atomic E-state index is 12.7. The summed E-state index contributed by atoms with van der Waals surface area (Å²) in [5, 5.41) is 18.2. The molecule has 0 saturated carbocycles. The summed E-state index contributed by atoms with van der Waals surface area (Å²) in [6.07, 6.45) is 0. The van der Waals surface area contributed by atoms with Gasteiger partial charge in [-0.1, -0.05) is 12.1 Å². The Kier molecular flexibility index (Phi) is 7.08. The molecule has 1 aromatic carbocycles. The van der Waals surface area contributed by atoms with E-state index in [4.69, 9.17) is 0 Å². The van der Waals surface area contributed by atoms with Gasteiger partial charge in [0.2, 0.25) is 5.91 Å². The van der Waals surface area contributed by atoms with E-state index < -0.39 is 4.92 Å². The molecular weight excluding hydrogens is 374 g/mol. The highest BCUT2D eigenvalue weighted by Gasteiger charge is 2.22. The van der Waals surface area contributed by atoms with Crippen LogP contribution in [0.15, 0.2) is 24.3 Å². The van der Waals surface area contributed by atoms with Gasteiger partial charge in [-0.2, -0.15) is 5.10 Å². The molecule has 2 amide bonds. The van der Waals surface area contributed by atoms with E-state index in [0.717, 1.165) is 5.56 Å². The third-order valence-electron chi connectivity index (χ3n) is 4.51. The molecule has 0 spiro atoms. The largest absolute Gasteiger partial charge is 0.352 e. The highest BCUT2D eigenvalue weighted by Crippen LogP contribution is 2.22. The molecule has 1 aromatic heterocycles. The van der Waals surface area contributed by atoms with Crippen LogP contribution >= 0.6 is 0 Å². The van der Waals surface area contributed by atoms with Crippen LogP contribution in [0.25, 0.3) is 0 Å². The number of nitrogens with zero attached hydrogens (tertiary/aromatic N) is 4. The van der Waals surface area contributed by atoms with Crippen LogP contribution in [0.2, 0.25) is 0 Å². The molecular formula is C20H27N5O4. The Morgan fingerprint density at radius 3 is 2.34 bits per heavy atom. The lowest BCUT2D eigenvalue weighted by Gasteiger charge is -2.21. The topological polar surface area (TPSA) is 110 Å². The predicted octanol–water partition coefficient (Wildman–Crippen LogP) is 2.44. The summed E-state index contributed by atoms with van der Waals surface area (Å²) in [6, 6.07) is 6.98.